The molecule has 0 radical (unpaired) electrons. The molecule has 0 saturated carbocycles. The molecule has 0 atom stereocenters. The van der Waals surface area contributed by atoms with E-state index in [1.807, 2.05) is 12.1 Å². The molecule has 0 unspecified atom stereocenters. The molecule has 0 heterocycles. The quantitative estimate of drug-likeness (QED) is 0.127. The standard InChI is InChI=1S/C28H26O7/c1-4-19-8-13-23(14-9-19)35-28(31)21-10-6-20(7-11-21)16-24(29)22-12-15-25(26(17-22)32-3)33-18-34-27(30)5-2/h5-15,17H,2,4,16,18H2,1,3H3. The van der Waals surface area contributed by atoms with Crippen molar-refractivity contribution in [2.45, 2.75) is 19.8 Å². The van der Waals surface area contributed by atoms with Gasteiger partial charge in [0.2, 0.25) is 6.79 Å². The normalized spacial score (nSPS) is 10.2. The van der Waals surface area contributed by atoms with Gasteiger partial charge in [-0.3, -0.25) is 4.79 Å². The maximum atomic E-state index is 12.8. The second kappa shape index (κ2) is 12.2. The zero-order valence-electron chi connectivity index (χ0n) is 19.6. The SMILES string of the molecule is C=CC(=O)OCOc1ccc(C(=O)Cc2ccc(C(=O)Oc3ccc(CC)cc3)cc2)cc1OC. The molecule has 0 spiro atoms. The van der Waals surface area contributed by atoms with E-state index in [0.29, 0.717) is 28.4 Å². The molecule has 7 heteroatoms. The molecule has 0 bridgehead atoms. The first-order valence-corrected chi connectivity index (χ1v) is 11.0. The molecule has 0 aliphatic rings. The second-order valence-electron chi connectivity index (χ2n) is 7.48. The van der Waals surface area contributed by atoms with Crippen LogP contribution in [0.4, 0.5) is 0 Å². The minimum atomic E-state index is -0.610. The van der Waals surface area contributed by atoms with E-state index in [-0.39, 0.29) is 19.0 Å². The lowest BCUT2D eigenvalue weighted by Gasteiger charge is -2.12. The van der Waals surface area contributed by atoms with Gasteiger partial charge in [-0.05, 0) is 60.0 Å². The third kappa shape index (κ3) is 7.04. The van der Waals surface area contributed by atoms with Gasteiger partial charge >= 0.3 is 11.9 Å². The molecule has 7 nitrogen and oxygen atoms in total. The molecule has 3 aromatic rings. The number of ketones is 1. The van der Waals surface area contributed by atoms with Crippen LogP contribution in [0.3, 0.4) is 0 Å². The van der Waals surface area contributed by atoms with Crippen LogP contribution in [0, 0.1) is 0 Å². The summed E-state index contributed by atoms with van der Waals surface area (Å²) >= 11 is 0. The lowest BCUT2D eigenvalue weighted by molar-refractivity contribution is -0.144. The Morgan fingerprint density at radius 2 is 1.51 bits per heavy atom. The summed E-state index contributed by atoms with van der Waals surface area (Å²) in [6, 6.07) is 18.8. The van der Waals surface area contributed by atoms with E-state index in [9.17, 15) is 14.4 Å². The van der Waals surface area contributed by atoms with Crippen molar-refractivity contribution in [1.82, 2.24) is 0 Å². The number of Topliss-reactive ketones (excluding diaryl/α,β-unsaturated/α-hetero) is 1. The van der Waals surface area contributed by atoms with Gasteiger partial charge in [-0.1, -0.05) is 37.8 Å². The number of hydrogen-bond donors (Lipinski definition) is 0. The van der Waals surface area contributed by atoms with Crippen LogP contribution in [0.25, 0.3) is 0 Å². The van der Waals surface area contributed by atoms with Crippen molar-refractivity contribution in [3.05, 3.63) is 102 Å². The first kappa shape index (κ1) is 25.2. The Morgan fingerprint density at radius 1 is 0.857 bits per heavy atom. The van der Waals surface area contributed by atoms with Gasteiger partial charge < -0.3 is 18.9 Å². The molecule has 3 aromatic carbocycles. The monoisotopic (exact) mass is 474 g/mol. The van der Waals surface area contributed by atoms with E-state index in [0.717, 1.165) is 23.6 Å². The third-order valence-electron chi connectivity index (χ3n) is 5.16. The molecule has 0 saturated heterocycles. The van der Waals surface area contributed by atoms with Gasteiger partial charge in [-0.2, -0.15) is 0 Å². The van der Waals surface area contributed by atoms with E-state index in [1.165, 1.54) is 7.11 Å². The summed E-state index contributed by atoms with van der Waals surface area (Å²) in [4.78, 5) is 36.3. The van der Waals surface area contributed by atoms with Gasteiger partial charge in [0.05, 0.1) is 12.7 Å². The molecular formula is C28H26O7. The molecule has 0 aliphatic heterocycles. The van der Waals surface area contributed by atoms with Gasteiger partial charge in [0.15, 0.2) is 17.3 Å². The molecule has 35 heavy (non-hydrogen) atoms. The summed E-state index contributed by atoms with van der Waals surface area (Å²) in [7, 11) is 1.45. The highest BCUT2D eigenvalue weighted by molar-refractivity contribution is 5.98. The van der Waals surface area contributed by atoms with E-state index < -0.39 is 11.9 Å². The first-order chi connectivity index (χ1) is 16.9. The third-order valence-corrected chi connectivity index (χ3v) is 5.16. The summed E-state index contributed by atoms with van der Waals surface area (Å²) in [5, 5.41) is 0. The maximum absolute atomic E-state index is 12.8. The van der Waals surface area contributed by atoms with Crippen LogP contribution in [-0.2, 0) is 22.4 Å². The van der Waals surface area contributed by atoms with Crippen molar-refractivity contribution in [1.29, 1.82) is 0 Å². The van der Waals surface area contributed by atoms with Crippen LogP contribution < -0.4 is 14.2 Å². The highest BCUT2D eigenvalue weighted by atomic mass is 16.7. The molecule has 180 valence electrons. The molecule has 0 amide bonds. The van der Waals surface area contributed by atoms with Crippen molar-refractivity contribution in [2.24, 2.45) is 0 Å². The predicted molar refractivity (Wildman–Crippen MR) is 130 cm³/mol. The van der Waals surface area contributed by atoms with E-state index in [1.54, 1.807) is 54.6 Å². The van der Waals surface area contributed by atoms with Gasteiger partial charge in [-0.15, -0.1) is 0 Å². The Morgan fingerprint density at radius 3 is 2.14 bits per heavy atom. The summed E-state index contributed by atoms with van der Waals surface area (Å²) in [5.41, 5.74) is 2.72. The first-order valence-electron chi connectivity index (χ1n) is 11.0. The fraction of sp³-hybridized carbons (Fsp3) is 0.179. The number of ether oxygens (including phenoxy) is 4. The van der Waals surface area contributed by atoms with Gasteiger partial charge in [0.25, 0.3) is 0 Å². The Bertz CT molecular complexity index is 1190. The summed E-state index contributed by atoms with van der Waals surface area (Å²) in [6.07, 6.45) is 2.07. The van der Waals surface area contributed by atoms with Crippen molar-refractivity contribution in [3.8, 4) is 17.2 Å². The van der Waals surface area contributed by atoms with Crippen LogP contribution in [0.5, 0.6) is 17.2 Å². The van der Waals surface area contributed by atoms with Crippen LogP contribution >= 0.6 is 0 Å². The number of carbonyl (C=O) groups excluding carboxylic acids is 3. The fourth-order valence-corrected chi connectivity index (χ4v) is 3.18. The lowest BCUT2D eigenvalue weighted by Crippen LogP contribution is -2.10. The average Bonchev–Trinajstić information content (AvgIpc) is 2.89. The molecule has 0 aromatic heterocycles. The van der Waals surface area contributed by atoms with Crippen LogP contribution in [0.1, 0.15) is 38.8 Å². The molecular weight excluding hydrogens is 448 g/mol. The van der Waals surface area contributed by atoms with Crippen molar-refractivity contribution in [3.63, 3.8) is 0 Å². The number of methoxy groups -OCH3 is 1. The number of esters is 2. The van der Waals surface area contributed by atoms with E-state index >= 15 is 0 Å². The Balaban J connectivity index is 1.60. The molecule has 0 fully saturated rings. The smallest absolute Gasteiger partial charge is 0.343 e. The largest absolute Gasteiger partial charge is 0.493 e. The number of rotatable bonds is 11. The molecule has 3 rings (SSSR count). The summed E-state index contributed by atoms with van der Waals surface area (Å²) in [6.45, 7) is 5.05. The fourth-order valence-electron chi connectivity index (χ4n) is 3.18. The Labute approximate surface area is 203 Å². The van der Waals surface area contributed by atoms with Crippen LogP contribution in [-0.4, -0.2) is 31.6 Å². The number of hydrogen-bond acceptors (Lipinski definition) is 7. The van der Waals surface area contributed by atoms with Gasteiger partial charge in [0, 0.05) is 18.1 Å². The Hall–Kier alpha value is -4.39. The number of aryl methyl sites for hydroxylation is 1. The number of carbonyl (C=O) groups is 3. The summed E-state index contributed by atoms with van der Waals surface area (Å²) in [5.74, 6) is -0.0819. The van der Waals surface area contributed by atoms with Crippen molar-refractivity contribution < 1.29 is 33.3 Å². The van der Waals surface area contributed by atoms with Crippen molar-refractivity contribution >= 4 is 17.7 Å². The lowest BCUT2D eigenvalue weighted by atomic mass is 10.0. The van der Waals surface area contributed by atoms with Crippen molar-refractivity contribution in [2.75, 3.05) is 13.9 Å². The molecule has 0 aliphatic carbocycles. The van der Waals surface area contributed by atoms with E-state index in [2.05, 4.69) is 13.5 Å². The average molecular weight is 475 g/mol. The minimum Gasteiger partial charge on any atom is -0.493 e. The van der Waals surface area contributed by atoms with Gasteiger partial charge in [0.1, 0.15) is 5.75 Å². The molecule has 0 N–H and O–H groups in total. The Kier molecular flexibility index (Phi) is 8.78. The zero-order chi connectivity index (χ0) is 25.2. The highest BCUT2D eigenvalue weighted by Gasteiger charge is 2.14. The van der Waals surface area contributed by atoms with Crippen LogP contribution in [0.2, 0.25) is 0 Å². The van der Waals surface area contributed by atoms with E-state index in [4.69, 9.17) is 18.9 Å². The summed E-state index contributed by atoms with van der Waals surface area (Å²) < 4.78 is 20.9. The highest BCUT2D eigenvalue weighted by Crippen LogP contribution is 2.28. The number of benzene rings is 3. The zero-order valence-corrected chi connectivity index (χ0v) is 19.6. The second-order valence-corrected chi connectivity index (χ2v) is 7.48. The van der Waals surface area contributed by atoms with Crippen LogP contribution in [0.15, 0.2) is 79.4 Å². The predicted octanol–water partition coefficient (Wildman–Crippen LogP) is 4.97. The van der Waals surface area contributed by atoms with Gasteiger partial charge in [-0.25, -0.2) is 9.59 Å². The maximum Gasteiger partial charge on any atom is 0.343 e. The minimum absolute atomic E-state index is 0.133. The topological polar surface area (TPSA) is 88.1 Å².